The van der Waals surface area contributed by atoms with Crippen molar-refractivity contribution >= 4 is 17.5 Å². The minimum atomic E-state index is -0.115. The van der Waals surface area contributed by atoms with Crippen molar-refractivity contribution in [3.05, 3.63) is 48.0 Å². The molecule has 1 heterocycles. The molecular formula is C18H18N4O4S. The van der Waals surface area contributed by atoms with Crippen LogP contribution in [0.15, 0.2) is 47.6 Å². The first-order valence-corrected chi connectivity index (χ1v) is 8.95. The molecule has 0 N–H and O–H groups in total. The lowest BCUT2D eigenvalue weighted by atomic mass is 10.1. The first kappa shape index (κ1) is 18.7. The molecule has 0 aliphatic carbocycles. The Bertz CT molecular complexity index is 945. The van der Waals surface area contributed by atoms with E-state index in [2.05, 4.69) is 15.5 Å². The highest BCUT2D eigenvalue weighted by molar-refractivity contribution is 7.99. The van der Waals surface area contributed by atoms with Gasteiger partial charge in [0.2, 0.25) is 5.16 Å². The van der Waals surface area contributed by atoms with E-state index in [1.54, 1.807) is 37.1 Å². The lowest BCUT2D eigenvalue weighted by Crippen LogP contribution is -2.07. The third-order valence-corrected chi connectivity index (χ3v) is 4.70. The molecule has 2 aromatic carbocycles. The predicted molar refractivity (Wildman–Crippen MR) is 100 cm³/mol. The van der Waals surface area contributed by atoms with Crippen LogP contribution in [0.1, 0.15) is 10.4 Å². The standard InChI is InChI=1S/C18H18N4O4S/c1-24-13-6-4-5-12(9-13)22-18(19-20-21-22)27-11-16(23)15-10-14(25-2)7-8-17(15)26-3/h4-10H,11H2,1-3H3. The average Bonchev–Trinajstić information content (AvgIpc) is 3.20. The van der Waals surface area contributed by atoms with E-state index in [1.807, 2.05) is 24.3 Å². The third kappa shape index (κ3) is 4.20. The molecule has 0 amide bonds. The summed E-state index contributed by atoms with van der Waals surface area (Å²) in [5.41, 5.74) is 1.19. The van der Waals surface area contributed by atoms with Gasteiger partial charge in [-0.05, 0) is 40.8 Å². The number of methoxy groups -OCH3 is 3. The fourth-order valence-corrected chi connectivity index (χ4v) is 3.19. The number of hydrogen-bond donors (Lipinski definition) is 0. The SMILES string of the molecule is COc1cccc(-n2nnnc2SCC(=O)c2cc(OC)ccc2OC)c1. The maximum atomic E-state index is 12.7. The van der Waals surface area contributed by atoms with E-state index < -0.39 is 0 Å². The third-order valence-electron chi connectivity index (χ3n) is 3.78. The van der Waals surface area contributed by atoms with Crippen LogP contribution in [-0.4, -0.2) is 53.1 Å². The summed E-state index contributed by atoms with van der Waals surface area (Å²) in [6.45, 7) is 0. The maximum Gasteiger partial charge on any atom is 0.214 e. The summed E-state index contributed by atoms with van der Waals surface area (Å²) in [6.07, 6.45) is 0. The number of aromatic nitrogens is 4. The van der Waals surface area contributed by atoms with Gasteiger partial charge in [0.25, 0.3) is 0 Å². The van der Waals surface area contributed by atoms with Crippen molar-refractivity contribution in [2.24, 2.45) is 0 Å². The number of ether oxygens (including phenoxy) is 3. The van der Waals surface area contributed by atoms with Crippen LogP contribution in [0.2, 0.25) is 0 Å². The number of rotatable bonds is 8. The summed E-state index contributed by atoms with van der Waals surface area (Å²) in [6, 6.07) is 12.5. The average molecular weight is 386 g/mol. The van der Waals surface area contributed by atoms with Gasteiger partial charge in [-0.2, -0.15) is 4.68 Å². The molecule has 0 aliphatic heterocycles. The van der Waals surface area contributed by atoms with Gasteiger partial charge in [0.05, 0.1) is 38.3 Å². The van der Waals surface area contributed by atoms with Crippen molar-refractivity contribution in [3.63, 3.8) is 0 Å². The first-order valence-electron chi connectivity index (χ1n) is 7.97. The lowest BCUT2D eigenvalue weighted by Gasteiger charge is -2.09. The summed E-state index contributed by atoms with van der Waals surface area (Å²) < 4.78 is 17.3. The second kappa shape index (κ2) is 8.54. The van der Waals surface area contributed by atoms with Crippen LogP contribution in [0.4, 0.5) is 0 Å². The smallest absolute Gasteiger partial charge is 0.214 e. The number of carbonyl (C=O) groups is 1. The lowest BCUT2D eigenvalue weighted by molar-refractivity contribution is 0.101. The zero-order chi connectivity index (χ0) is 19.2. The summed E-state index contributed by atoms with van der Waals surface area (Å²) in [5, 5.41) is 12.2. The van der Waals surface area contributed by atoms with E-state index in [4.69, 9.17) is 14.2 Å². The molecule has 140 valence electrons. The second-order valence-corrected chi connectivity index (χ2v) is 6.30. The highest BCUT2D eigenvalue weighted by Gasteiger charge is 2.17. The predicted octanol–water partition coefficient (Wildman–Crippen LogP) is 2.66. The monoisotopic (exact) mass is 386 g/mol. The van der Waals surface area contributed by atoms with Gasteiger partial charge < -0.3 is 14.2 Å². The van der Waals surface area contributed by atoms with E-state index in [9.17, 15) is 4.79 Å². The molecule has 0 unspecified atom stereocenters. The van der Waals surface area contributed by atoms with Gasteiger partial charge in [-0.3, -0.25) is 4.79 Å². The molecule has 0 saturated heterocycles. The Labute approximate surface area is 160 Å². The quantitative estimate of drug-likeness (QED) is 0.431. The molecule has 0 atom stereocenters. The molecule has 0 fully saturated rings. The van der Waals surface area contributed by atoms with Crippen molar-refractivity contribution in [1.29, 1.82) is 0 Å². The fraction of sp³-hybridized carbons (Fsp3) is 0.222. The van der Waals surface area contributed by atoms with Gasteiger partial charge in [0.15, 0.2) is 5.78 Å². The Morgan fingerprint density at radius 2 is 1.81 bits per heavy atom. The van der Waals surface area contributed by atoms with Crippen molar-refractivity contribution in [3.8, 4) is 22.9 Å². The molecule has 0 bridgehead atoms. The number of carbonyl (C=O) groups excluding carboxylic acids is 1. The fourth-order valence-electron chi connectivity index (χ4n) is 2.41. The Balaban J connectivity index is 1.78. The summed E-state index contributed by atoms with van der Waals surface area (Å²) in [4.78, 5) is 12.7. The van der Waals surface area contributed by atoms with Gasteiger partial charge in [-0.1, -0.05) is 17.8 Å². The van der Waals surface area contributed by atoms with Gasteiger partial charge in [0, 0.05) is 6.07 Å². The van der Waals surface area contributed by atoms with Gasteiger partial charge in [-0.25, -0.2) is 0 Å². The van der Waals surface area contributed by atoms with E-state index in [0.717, 1.165) is 5.69 Å². The first-order chi connectivity index (χ1) is 13.2. The Hall–Kier alpha value is -3.07. The topological polar surface area (TPSA) is 88.4 Å². The number of ketones is 1. The Morgan fingerprint density at radius 1 is 1.04 bits per heavy atom. The Kier molecular flexibility index (Phi) is 5.92. The molecular weight excluding hydrogens is 368 g/mol. The zero-order valence-corrected chi connectivity index (χ0v) is 15.9. The Morgan fingerprint density at radius 3 is 2.56 bits per heavy atom. The molecule has 0 spiro atoms. The molecule has 1 aromatic heterocycles. The van der Waals surface area contributed by atoms with E-state index in [0.29, 0.717) is 28.0 Å². The molecule has 0 radical (unpaired) electrons. The number of benzene rings is 2. The molecule has 0 saturated carbocycles. The minimum absolute atomic E-state index is 0.115. The van der Waals surface area contributed by atoms with Crippen LogP contribution >= 0.6 is 11.8 Å². The largest absolute Gasteiger partial charge is 0.497 e. The highest BCUT2D eigenvalue weighted by atomic mass is 32.2. The van der Waals surface area contributed by atoms with Crippen LogP contribution in [-0.2, 0) is 0 Å². The van der Waals surface area contributed by atoms with Crippen molar-refractivity contribution in [2.75, 3.05) is 27.1 Å². The summed E-state index contributed by atoms with van der Waals surface area (Å²) in [7, 11) is 4.66. The molecule has 3 aromatic rings. The van der Waals surface area contributed by atoms with E-state index in [1.165, 1.54) is 18.9 Å². The number of hydrogen-bond acceptors (Lipinski definition) is 8. The van der Waals surface area contributed by atoms with Crippen LogP contribution in [0, 0.1) is 0 Å². The number of tetrazole rings is 1. The van der Waals surface area contributed by atoms with Crippen LogP contribution in [0.3, 0.4) is 0 Å². The summed E-state index contributed by atoms with van der Waals surface area (Å²) >= 11 is 1.24. The molecule has 8 nitrogen and oxygen atoms in total. The molecule has 0 aliphatic rings. The van der Waals surface area contributed by atoms with Gasteiger partial charge in [-0.15, -0.1) is 5.10 Å². The highest BCUT2D eigenvalue weighted by Crippen LogP contribution is 2.27. The van der Waals surface area contributed by atoms with Crippen LogP contribution in [0.5, 0.6) is 17.2 Å². The van der Waals surface area contributed by atoms with Crippen molar-refractivity contribution < 1.29 is 19.0 Å². The maximum absolute atomic E-state index is 12.7. The van der Waals surface area contributed by atoms with Crippen molar-refractivity contribution in [2.45, 2.75) is 5.16 Å². The number of nitrogens with zero attached hydrogens (tertiary/aromatic N) is 4. The molecule has 9 heteroatoms. The van der Waals surface area contributed by atoms with Gasteiger partial charge in [0.1, 0.15) is 17.2 Å². The summed E-state index contributed by atoms with van der Waals surface area (Å²) in [5.74, 6) is 1.81. The number of thioether (sulfide) groups is 1. The normalized spacial score (nSPS) is 10.5. The van der Waals surface area contributed by atoms with E-state index >= 15 is 0 Å². The van der Waals surface area contributed by atoms with Crippen molar-refractivity contribution in [1.82, 2.24) is 20.2 Å². The van der Waals surface area contributed by atoms with Crippen LogP contribution < -0.4 is 14.2 Å². The second-order valence-electron chi connectivity index (χ2n) is 5.35. The van der Waals surface area contributed by atoms with Crippen LogP contribution in [0.25, 0.3) is 5.69 Å². The minimum Gasteiger partial charge on any atom is -0.497 e. The van der Waals surface area contributed by atoms with E-state index in [-0.39, 0.29) is 11.5 Å². The van der Waals surface area contributed by atoms with Gasteiger partial charge >= 0.3 is 0 Å². The molecule has 27 heavy (non-hydrogen) atoms. The number of Topliss-reactive ketones (excluding diaryl/α,β-unsaturated/α-hetero) is 1. The zero-order valence-electron chi connectivity index (χ0n) is 15.1. The molecule has 3 rings (SSSR count).